The van der Waals surface area contributed by atoms with E-state index in [1.54, 1.807) is 18.2 Å². The number of halogens is 2. The lowest BCUT2D eigenvalue weighted by Gasteiger charge is -2.32. The van der Waals surface area contributed by atoms with Gasteiger partial charge in [-0.2, -0.15) is 0 Å². The lowest BCUT2D eigenvalue weighted by Crippen LogP contribution is -2.53. The summed E-state index contributed by atoms with van der Waals surface area (Å²) in [4.78, 5) is 41.7. The molecule has 3 aromatic carbocycles. The van der Waals surface area contributed by atoms with Crippen LogP contribution in [-0.2, 0) is 32.6 Å². The highest BCUT2D eigenvalue weighted by Gasteiger charge is 2.43. The summed E-state index contributed by atoms with van der Waals surface area (Å²) in [5.74, 6) is -1.91. The smallest absolute Gasteiger partial charge is 0.269 e. The maximum Gasteiger partial charge on any atom is 0.269 e. The van der Waals surface area contributed by atoms with E-state index in [1.807, 2.05) is 37.3 Å². The van der Waals surface area contributed by atoms with E-state index in [1.165, 1.54) is 29.2 Å². The Kier molecular flexibility index (Phi) is 9.50. The van der Waals surface area contributed by atoms with Gasteiger partial charge in [0.2, 0.25) is 11.8 Å². The zero-order valence-electron chi connectivity index (χ0n) is 21.8. The van der Waals surface area contributed by atoms with Gasteiger partial charge in [0.05, 0.1) is 5.56 Å². The van der Waals surface area contributed by atoms with E-state index in [0.29, 0.717) is 21.4 Å². The Morgan fingerprint density at radius 2 is 1.70 bits per heavy atom. The number of sulfonamides is 1. The summed E-state index contributed by atoms with van der Waals surface area (Å²) in [5.41, 5.74) is 1.31. The van der Waals surface area contributed by atoms with Gasteiger partial charge in [-0.25, -0.2) is 12.7 Å². The fraction of sp³-hybridized carbons (Fsp3) is 0.276. The lowest BCUT2D eigenvalue weighted by atomic mass is 10.0. The second-order valence-corrected chi connectivity index (χ2v) is 12.1. The van der Waals surface area contributed by atoms with Crippen molar-refractivity contribution in [3.63, 3.8) is 0 Å². The molecule has 1 aliphatic heterocycles. The van der Waals surface area contributed by atoms with Crippen LogP contribution in [0.4, 0.5) is 0 Å². The van der Waals surface area contributed by atoms with E-state index in [0.717, 1.165) is 18.4 Å². The number of carbonyl (C=O) groups is 3. The van der Waals surface area contributed by atoms with E-state index in [9.17, 15) is 22.8 Å². The molecule has 3 amide bonds. The molecule has 0 aromatic heterocycles. The number of benzene rings is 3. The SMILES string of the molecule is CCCCNC(=O)C(Cc1ccccc1)N(Cc1ccc(Cl)cc1Cl)C(=O)CN1C(=O)c2ccccc2S1(=O)=O. The first-order chi connectivity index (χ1) is 19.1. The van der Waals surface area contributed by atoms with Crippen molar-refractivity contribution < 1.29 is 22.8 Å². The largest absolute Gasteiger partial charge is 0.354 e. The molecular formula is C29H29Cl2N3O5S. The van der Waals surface area contributed by atoms with Gasteiger partial charge in [0, 0.05) is 29.6 Å². The first-order valence-corrected chi connectivity index (χ1v) is 15.0. The van der Waals surface area contributed by atoms with E-state index in [4.69, 9.17) is 23.2 Å². The van der Waals surface area contributed by atoms with Crippen LogP contribution in [0, 0.1) is 0 Å². The third-order valence-electron chi connectivity index (χ3n) is 6.65. The molecule has 4 rings (SSSR count). The number of hydrogen-bond acceptors (Lipinski definition) is 5. The molecule has 1 N–H and O–H groups in total. The standard InChI is InChI=1S/C29H29Cl2N3O5S/c1-2-3-15-32-28(36)25(16-20-9-5-4-6-10-20)33(18-21-13-14-22(30)17-24(21)31)27(35)19-34-29(37)23-11-7-8-12-26(23)40(34,38)39/h4-14,17,25H,2-3,15-16,18-19H2,1H3,(H,32,36). The molecule has 8 nitrogen and oxygen atoms in total. The Labute approximate surface area is 243 Å². The van der Waals surface area contributed by atoms with Crippen molar-refractivity contribution in [3.8, 4) is 0 Å². The number of rotatable bonds is 11. The van der Waals surface area contributed by atoms with Crippen LogP contribution >= 0.6 is 23.2 Å². The van der Waals surface area contributed by atoms with Crippen LogP contribution in [0.2, 0.25) is 10.0 Å². The molecule has 210 valence electrons. The van der Waals surface area contributed by atoms with Crippen molar-refractivity contribution >= 4 is 50.9 Å². The summed E-state index contributed by atoms with van der Waals surface area (Å²) in [6.07, 6.45) is 1.78. The maximum absolute atomic E-state index is 14.0. The molecule has 0 aliphatic carbocycles. The van der Waals surface area contributed by atoms with Crippen molar-refractivity contribution in [3.05, 3.63) is 99.5 Å². The van der Waals surface area contributed by atoms with Crippen molar-refractivity contribution in [2.45, 2.75) is 43.7 Å². The molecule has 3 aromatic rings. The van der Waals surface area contributed by atoms with Crippen LogP contribution in [0.3, 0.4) is 0 Å². The number of amides is 3. The highest BCUT2D eigenvalue weighted by atomic mass is 35.5. The summed E-state index contributed by atoms with van der Waals surface area (Å²) < 4.78 is 26.9. The molecule has 1 aliphatic rings. The van der Waals surface area contributed by atoms with Crippen LogP contribution < -0.4 is 5.32 Å². The Balaban J connectivity index is 1.72. The summed E-state index contributed by atoms with van der Waals surface area (Å²) in [7, 11) is -4.24. The van der Waals surface area contributed by atoms with Crippen molar-refractivity contribution in [2.24, 2.45) is 0 Å². The van der Waals surface area contributed by atoms with Gasteiger partial charge in [-0.05, 0) is 41.8 Å². The third kappa shape index (κ3) is 6.49. The minimum atomic E-state index is -4.24. The monoisotopic (exact) mass is 601 g/mol. The van der Waals surface area contributed by atoms with Gasteiger partial charge in [-0.3, -0.25) is 14.4 Å². The van der Waals surface area contributed by atoms with Crippen LogP contribution in [0.15, 0.2) is 77.7 Å². The highest BCUT2D eigenvalue weighted by Crippen LogP contribution is 2.30. The van der Waals surface area contributed by atoms with Gasteiger partial charge >= 0.3 is 0 Å². The Bertz CT molecular complexity index is 1520. The fourth-order valence-electron chi connectivity index (χ4n) is 4.49. The summed E-state index contributed by atoms with van der Waals surface area (Å²) >= 11 is 12.5. The van der Waals surface area contributed by atoms with Crippen LogP contribution in [0.25, 0.3) is 0 Å². The lowest BCUT2D eigenvalue weighted by molar-refractivity contribution is -0.141. The molecule has 40 heavy (non-hydrogen) atoms. The van der Waals surface area contributed by atoms with E-state index in [2.05, 4.69) is 5.32 Å². The normalized spacial score (nSPS) is 14.5. The summed E-state index contributed by atoms with van der Waals surface area (Å²) in [6, 6.07) is 18.8. The zero-order valence-corrected chi connectivity index (χ0v) is 24.2. The number of carbonyl (C=O) groups excluding carboxylic acids is 3. The summed E-state index contributed by atoms with van der Waals surface area (Å²) in [5, 5.41) is 3.58. The quantitative estimate of drug-likeness (QED) is 0.321. The van der Waals surface area contributed by atoms with E-state index < -0.39 is 40.3 Å². The van der Waals surface area contributed by atoms with E-state index >= 15 is 0 Å². The van der Waals surface area contributed by atoms with Crippen molar-refractivity contribution in [1.29, 1.82) is 0 Å². The van der Waals surface area contributed by atoms with Gasteiger partial charge in [-0.1, -0.05) is 85.1 Å². The maximum atomic E-state index is 14.0. The Hall–Kier alpha value is -3.40. The number of unbranched alkanes of at least 4 members (excludes halogenated alkanes) is 1. The van der Waals surface area contributed by atoms with Crippen molar-refractivity contribution in [1.82, 2.24) is 14.5 Å². The summed E-state index contributed by atoms with van der Waals surface area (Å²) in [6.45, 7) is 1.53. The Morgan fingerprint density at radius 3 is 2.38 bits per heavy atom. The van der Waals surface area contributed by atoms with Gasteiger partial charge in [0.25, 0.3) is 15.9 Å². The average Bonchev–Trinajstić information content (AvgIpc) is 3.13. The number of fused-ring (bicyclic) bond motifs is 1. The predicted molar refractivity (Wildman–Crippen MR) is 154 cm³/mol. The predicted octanol–water partition coefficient (Wildman–Crippen LogP) is 4.69. The number of nitrogens with one attached hydrogen (secondary N) is 1. The minimum Gasteiger partial charge on any atom is -0.354 e. The van der Waals surface area contributed by atoms with Crippen LogP contribution in [-0.4, -0.2) is 54.5 Å². The number of hydrogen-bond donors (Lipinski definition) is 1. The van der Waals surface area contributed by atoms with Gasteiger partial charge in [0.15, 0.2) is 0 Å². The Morgan fingerprint density at radius 1 is 1.00 bits per heavy atom. The molecule has 1 atom stereocenters. The molecule has 0 spiro atoms. The second kappa shape index (κ2) is 12.8. The third-order valence-corrected chi connectivity index (χ3v) is 9.02. The molecule has 0 saturated carbocycles. The molecule has 0 fully saturated rings. The molecule has 1 heterocycles. The van der Waals surface area contributed by atoms with Gasteiger partial charge in [0.1, 0.15) is 17.5 Å². The van der Waals surface area contributed by atoms with Crippen LogP contribution in [0.1, 0.15) is 41.3 Å². The van der Waals surface area contributed by atoms with Gasteiger partial charge in [-0.15, -0.1) is 0 Å². The van der Waals surface area contributed by atoms with E-state index in [-0.39, 0.29) is 28.4 Å². The second-order valence-electron chi connectivity index (χ2n) is 9.42. The average molecular weight is 603 g/mol. The zero-order chi connectivity index (χ0) is 28.9. The molecular weight excluding hydrogens is 573 g/mol. The minimum absolute atomic E-state index is 0.000685. The number of nitrogens with zero attached hydrogens (tertiary/aromatic N) is 2. The molecule has 11 heteroatoms. The first-order valence-electron chi connectivity index (χ1n) is 12.8. The molecule has 0 radical (unpaired) electrons. The molecule has 0 saturated heterocycles. The van der Waals surface area contributed by atoms with Gasteiger partial charge < -0.3 is 10.2 Å². The topological polar surface area (TPSA) is 104 Å². The molecule has 0 bridgehead atoms. The van der Waals surface area contributed by atoms with Crippen molar-refractivity contribution in [2.75, 3.05) is 13.1 Å². The molecule has 1 unspecified atom stereocenters. The highest BCUT2D eigenvalue weighted by molar-refractivity contribution is 7.90. The van der Waals surface area contributed by atoms with Crippen LogP contribution in [0.5, 0.6) is 0 Å². The first kappa shape index (κ1) is 29.6. The fourth-order valence-corrected chi connectivity index (χ4v) is 6.48.